The van der Waals surface area contributed by atoms with Crippen LogP contribution in [0, 0.1) is 5.92 Å². The Morgan fingerprint density at radius 2 is 2.22 bits per heavy atom. The monoisotopic (exact) mass is 267 g/mol. The molecule has 0 amide bonds. The number of piperidine rings is 1. The summed E-state index contributed by atoms with van der Waals surface area (Å²) in [5.41, 5.74) is 0. The molecule has 98 valence electrons. The second kappa shape index (κ2) is 5.29. The fraction of sp³-hybridized carbons (Fsp3) is 0.727. The minimum atomic E-state index is 0.456. The molecule has 1 N–H and O–H groups in total. The van der Waals surface area contributed by atoms with Gasteiger partial charge in [0.1, 0.15) is 11.6 Å². The third kappa shape index (κ3) is 2.38. The Bertz CT molecular complexity index is 516. The van der Waals surface area contributed by atoms with E-state index in [4.69, 9.17) is 4.74 Å². The lowest BCUT2D eigenvalue weighted by Gasteiger charge is -2.21. The second-order valence-corrected chi connectivity index (χ2v) is 5.68. The summed E-state index contributed by atoms with van der Waals surface area (Å²) >= 11 is 1.64. The van der Waals surface area contributed by atoms with Crippen molar-refractivity contribution in [2.45, 2.75) is 25.9 Å². The second-order valence-electron chi connectivity index (χ2n) is 4.64. The zero-order valence-electron chi connectivity index (χ0n) is 10.4. The first-order valence-corrected chi connectivity index (χ1v) is 7.08. The Kier molecular flexibility index (Phi) is 3.53. The maximum atomic E-state index is 5.09. The predicted molar refractivity (Wildman–Crippen MR) is 68.7 cm³/mol. The van der Waals surface area contributed by atoms with Crippen molar-refractivity contribution in [1.82, 2.24) is 25.1 Å². The highest BCUT2D eigenvalue weighted by atomic mass is 32.1. The van der Waals surface area contributed by atoms with Crippen molar-refractivity contribution in [3.63, 3.8) is 0 Å². The number of aromatic nitrogens is 4. The minimum Gasteiger partial charge on any atom is -0.377 e. The van der Waals surface area contributed by atoms with E-state index in [1.807, 2.05) is 4.52 Å². The molecule has 18 heavy (non-hydrogen) atoms. The molecule has 7 heteroatoms. The van der Waals surface area contributed by atoms with Gasteiger partial charge in [-0.3, -0.25) is 0 Å². The number of hydrogen-bond donors (Lipinski definition) is 1. The average molecular weight is 267 g/mol. The van der Waals surface area contributed by atoms with Gasteiger partial charge in [-0.25, -0.2) is 0 Å². The molecule has 1 fully saturated rings. The van der Waals surface area contributed by atoms with E-state index in [1.54, 1.807) is 18.4 Å². The van der Waals surface area contributed by atoms with Gasteiger partial charge in [-0.1, -0.05) is 11.3 Å². The Hall–Kier alpha value is -1.05. The summed E-state index contributed by atoms with van der Waals surface area (Å²) < 4.78 is 6.90. The van der Waals surface area contributed by atoms with E-state index in [9.17, 15) is 0 Å². The molecule has 0 unspecified atom stereocenters. The zero-order chi connectivity index (χ0) is 12.4. The zero-order valence-corrected chi connectivity index (χ0v) is 11.2. The first-order chi connectivity index (χ1) is 8.86. The van der Waals surface area contributed by atoms with Gasteiger partial charge in [-0.2, -0.15) is 9.61 Å². The Morgan fingerprint density at radius 1 is 1.39 bits per heavy atom. The number of methoxy groups -OCH3 is 1. The molecule has 0 aromatic carbocycles. The summed E-state index contributed by atoms with van der Waals surface area (Å²) in [6.07, 6.45) is 3.54. The van der Waals surface area contributed by atoms with Crippen molar-refractivity contribution in [2.75, 3.05) is 20.2 Å². The van der Waals surface area contributed by atoms with Crippen molar-refractivity contribution in [1.29, 1.82) is 0 Å². The molecule has 2 aromatic heterocycles. The molecule has 0 spiro atoms. The van der Waals surface area contributed by atoms with E-state index >= 15 is 0 Å². The summed E-state index contributed by atoms with van der Waals surface area (Å²) in [4.78, 5) is 0.867. The normalized spacial score (nSPS) is 17.6. The average Bonchev–Trinajstić information content (AvgIpc) is 2.93. The van der Waals surface area contributed by atoms with E-state index in [0.29, 0.717) is 6.61 Å². The van der Waals surface area contributed by atoms with Crippen LogP contribution in [0.5, 0.6) is 0 Å². The third-order valence-electron chi connectivity index (χ3n) is 3.29. The molecule has 0 atom stereocenters. The molecule has 0 saturated carbocycles. The van der Waals surface area contributed by atoms with E-state index in [2.05, 4.69) is 20.6 Å². The van der Waals surface area contributed by atoms with Crippen LogP contribution in [-0.4, -0.2) is 40.0 Å². The van der Waals surface area contributed by atoms with Crippen molar-refractivity contribution in [3.8, 4) is 0 Å². The van der Waals surface area contributed by atoms with Crippen LogP contribution in [-0.2, 0) is 17.8 Å². The van der Waals surface area contributed by atoms with Gasteiger partial charge in [-0.05, 0) is 31.8 Å². The van der Waals surface area contributed by atoms with Crippen LogP contribution >= 0.6 is 11.3 Å². The van der Waals surface area contributed by atoms with Crippen molar-refractivity contribution < 1.29 is 4.74 Å². The van der Waals surface area contributed by atoms with Crippen LogP contribution in [0.15, 0.2) is 0 Å². The first-order valence-electron chi connectivity index (χ1n) is 6.26. The molecule has 0 aliphatic carbocycles. The van der Waals surface area contributed by atoms with Gasteiger partial charge in [0.15, 0.2) is 5.82 Å². The first kappa shape index (κ1) is 12.0. The smallest absolute Gasteiger partial charge is 0.234 e. The Labute approximate surface area is 109 Å². The highest BCUT2D eigenvalue weighted by Gasteiger charge is 2.17. The van der Waals surface area contributed by atoms with Crippen LogP contribution in [0.3, 0.4) is 0 Å². The van der Waals surface area contributed by atoms with Crippen molar-refractivity contribution in [3.05, 3.63) is 10.8 Å². The number of nitrogens with one attached hydrogen (secondary N) is 1. The maximum Gasteiger partial charge on any atom is 0.234 e. The van der Waals surface area contributed by atoms with E-state index in [1.165, 1.54) is 12.8 Å². The summed E-state index contributed by atoms with van der Waals surface area (Å²) in [7, 11) is 1.66. The molecule has 2 aromatic rings. The number of ether oxygens (including phenoxy) is 1. The van der Waals surface area contributed by atoms with Gasteiger partial charge in [-0.15, -0.1) is 10.2 Å². The molecule has 1 aliphatic rings. The van der Waals surface area contributed by atoms with Crippen LogP contribution in [0.4, 0.5) is 0 Å². The number of fused-ring (bicyclic) bond motifs is 1. The fourth-order valence-corrected chi connectivity index (χ4v) is 3.30. The number of nitrogens with zero attached hydrogens (tertiary/aromatic N) is 4. The lowest BCUT2D eigenvalue weighted by molar-refractivity contribution is 0.176. The van der Waals surface area contributed by atoms with Crippen molar-refractivity contribution >= 4 is 16.3 Å². The molecule has 0 bridgehead atoms. The van der Waals surface area contributed by atoms with Crippen LogP contribution < -0.4 is 5.32 Å². The number of hydrogen-bond acceptors (Lipinski definition) is 6. The molecular formula is C11H17N5OS. The largest absolute Gasteiger partial charge is 0.377 e. The SMILES string of the molecule is COCc1nnc2sc(CC3CCNCC3)nn12. The van der Waals surface area contributed by atoms with Crippen LogP contribution in [0.1, 0.15) is 23.7 Å². The highest BCUT2D eigenvalue weighted by molar-refractivity contribution is 7.16. The molecular weight excluding hydrogens is 250 g/mol. The standard InChI is InChI=1S/C11H17N5OS/c1-17-7-9-13-14-11-16(9)15-10(18-11)6-8-2-4-12-5-3-8/h8,12H,2-7H2,1H3. The lowest BCUT2D eigenvalue weighted by Crippen LogP contribution is -2.28. The molecule has 3 heterocycles. The summed E-state index contributed by atoms with van der Waals surface area (Å²) in [5, 5.41) is 17.3. The molecule has 1 saturated heterocycles. The van der Waals surface area contributed by atoms with E-state index in [0.717, 1.165) is 41.2 Å². The van der Waals surface area contributed by atoms with Gasteiger partial charge < -0.3 is 10.1 Å². The fourth-order valence-electron chi connectivity index (χ4n) is 2.33. The summed E-state index contributed by atoms with van der Waals surface area (Å²) in [5.74, 6) is 1.53. The van der Waals surface area contributed by atoms with Gasteiger partial charge in [0.25, 0.3) is 0 Å². The van der Waals surface area contributed by atoms with E-state index < -0.39 is 0 Å². The Balaban J connectivity index is 1.76. The highest BCUT2D eigenvalue weighted by Crippen LogP contribution is 2.22. The Morgan fingerprint density at radius 3 is 3.00 bits per heavy atom. The van der Waals surface area contributed by atoms with Gasteiger partial charge in [0, 0.05) is 13.5 Å². The number of rotatable bonds is 4. The van der Waals surface area contributed by atoms with Crippen molar-refractivity contribution in [2.24, 2.45) is 5.92 Å². The molecule has 3 rings (SSSR count). The lowest BCUT2D eigenvalue weighted by atomic mass is 9.95. The van der Waals surface area contributed by atoms with Crippen LogP contribution in [0.2, 0.25) is 0 Å². The quantitative estimate of drug-likeness (QED) is 0.890. The van der Waals surface area contributed by atoms with Crippen LogP contribution in [0.25, 0.3) is 4.96 Å². The van der Waals surface area contributed by atoms with E-state index in [-0.39, 0.29) is 0 Å². The third-order valence-corrected chi connectivity index (χ3v) is 4.21. The maximum absolute atomic E-state index is 5.09. The predicted octanol–water partition coefficient (Wildman–Crippen LogP) is 0.874. The molecule has 1 aliphatic heterocycles. The molecule has 6 nitrogen and oxygen atoms in total. The molecule has 0 radical (unpaired) electrons. The van der Waals surface area contributed by atoms with Gasteiger partial charge in [0.2, 0.25) is 4.96 Å². The minimum absolute atomic E-state index is 0.456. The topological polar surface area (TPSA) is 64.3 Å². The van der Waals surface area contributed by atoms with Gasteiger partial charge in [0.05, 0.1) is 0 Å². The van der Waals surface area contributed by atoms with Gasteiger partial charge >= 0.3 is 0 Å². The summed E-state index contributed by atoms with van der Waals surface area (Å²) in [6.45, 7) is 2.71. The summed E-state index contributed by atoms with van der Waals surface area (Å²) in [6, 6.07) is 0.